The lowest BCUT2D eigenvalue weighted by molar-refractivity contribution is -0.129. The lowest BCUT2D eigenvalue weighted by atomic mass is 9.98. The molecule has 0 saturated carbocycles. The quantitative estimate of drug-likeness (QED) is 0.781. The Bertz CT molecular complexity index is 816. The van der Waals surface area contributed by atoms with Gasteiger partial charge in [-0.15, -0.1) is 11.3 Å². The van der Waals surface area contributed by atoms with Crippen molar-refractivity contribution in [2.24, 2.45) is 13.0 Å². The fourth-order valence-electron chi connectivity index (χ4n) is 3.43. The van der Waals surface area contributed by atoms with Crippen LogP contribution in [0.25, 0.3) is 0 Å². The molecule has 1 fully saturated rings. The maximum atomic E-state index is 13.1. The normalized spacial score (nSPS) is 19.9. The van der Waals surface area contributed by atoms with Crippen molar-refractivity contribution in [2.75, 3.05) is 25.6 Å². The van der Waals surface area contributed by atoms with Gasteiger partial charge in [-0.25, -0.2) is 9.97 Å². The zero-order valence-electron chi connectivity index (χ0n) is 16.0. The minimum absolute atomic E-state index is 0.0671. The van der Waals surface area contributed by atoms with Crippen molar-refractivity contribution < 1.29 is 14.3 Å². The molecule has 3 heterocycles. The van der Waals surface area contributed by atoms with E-state index in [-0.39, 0.29) is 24.2 Å². The second kappa shape index (κ2) is 8.18. The molecule has 9 heteroatoms. The number of anilines is 1. The van der Waals surface area contributed by atoms with Gasteiger partial charge in [0.15, 0.2) is 0 Å². The van der Waals surface area contributed by atoms with Crippen molar-refractivity contribution >= 4 is 29.0 Å². The Morgan fingerprint density at radius 2 is 2.22 bits per heavy atom. The van der Waals surface area contributed by atoms with Gasteiger partial charge in [-0.05, 0) is 5.92 Å². The second-order valence-electron chi connectivity index (χ2n) is 6.94. The highest BCUT2D eigenvalue weighted by Gasteiger charge is 2.46. The highest BCUT2D eigenvalue weighted by atomic mass is 32.1. The number of amides is 2. The first-order valence-corrected chi connectivity index (χ1v) is 9.81. The zero-order chi connectivity index (χ0) is 19.6. The number of aromatic nitrogens is 3. The smallest absolute Gasteiger partial charge is 0.231 e. The minimum atomic E-state index is -0.530. The summed E-state index contributed by atoms with van der Waals surface area (Å²) in [6, 6.07) is -0.422. The van der Waals surface area contributed by atoms with E-state index in [9.17, 15) is 9.59 Å². The Labute approximate surface area is 162 Å². The number of nitrogens with zero attached hydrogens (tertiary/aromatic N) is 4. The second-order valence-corrected chi connectivity index (χ2v) is 7.83. The zero-order valence-corrected chi connectivity index (χ0v) is 16.8. The predicted molar refractivity (Wildman–Crippen MR) is 102 cm³/mol. The number of aryl methyl sites for hydroxylation is 1. The molecule has 2 aromatic heterocycles. The molecule has 27 heavy (non-hydrogen) atoms. The van der Waals surface area contributed by atoms with Crippen molar-refractivity contribution in [3.05, 3.63) is 28.6 Å². The highest BCUT2D eigenvalue weighted by Crippen LogP contribution is 2.38. The number of likely N-dealkylation sites (tertiary alicyclic amines) is 1. The summed E-state index contributed by atoms with van der Waals surface area (Å²) in [7, 11) is 3.46. The number of carbonyl (C=O) groups excluding carboxylic acids is 2. The molecule has 146 valence electrons. The molecule has 8 nitrogen and oxygen atoms in total. The molecule has 0 aliphatic carbocycles. The molecular formula is C18H25N5O3S. The fraction of sp³-hybridized carbons (Fsp3) is 0.556. The summed E-state index contributed by atoms with van der Waals surface area (Å²) in [5.41, 5.74) is 1.73. The van der Waals surface area contributed by atoms with Gasteiger partial charge in [0.25, 0.3) is 0 Å². The van der Waals surface area contributed by atoms with Crippen LogP contribution in [0.5, 0.6) is 0 Å². The molecule has 2 atom stereocenters. The number of imidazole rings is 1. The summed E-state index contributed by atoms with van der Waals surface area (Å²) in [5.74, 6) is 0.742. The lowest BCUT2D eigenvalue weighted by Crippen LogP contribution is -2.36. The third-order valence-electron chi connectivity index (χ3n) is 4.79. The molecule has 1 aliphatic heterocycles. The van der Waals surface area contributed by atoms with Gasteiger partial charge in [-0.1, -0.05) is 13.8 Å². The topological polar surface area (TPSA) is 89.3 Å². The molecule has 0 radical (unpaired) electrons. The van der Waals surface area contributed by atoms with Gasteiger partial charge < -0.3 is 19.5 Å². The number of rotatable bonds is 7. The molecule has 0 spiro atoms. The van der Waals surface area contributed by atoms with E-state index in [4.69, 9.17) is 4.74 Å². The monoisotopic (exact) mass is 391 g/mol. The van der Waals surface area contributed by atoms with E-state index < -0.39 is 12.0 Å². The van der Waals surface area contributed by atoms with E-state index in [1.54, 1.807) is 23.7 Å². The molecule has 1 N–H and O–H groups in total. The Balaban J connectivity index is 1.87. The molecule has 1 aliphatic rings. The van der Waals surface area contributed by atoms with Crippen molar-refractivity contribution in [2.45, 2.75) is 32.2 Å². The van der Waals surface area contributed by atoms with E-state index in [0.29, 0.717) is 24.8 Å². The summed E-state index contributed by atoms with van der Waals surface area (Å²) >= 11 is 1.52. The third kappa shape index (κ3) is 3.89. The van der Waals surface area contributed by atoms with E-state index in [0.717, 1.165) is 4.88 Å². The van der Waals surface area contributed by atoms with Crippen LogP contribution in [0.1, 0.15) is 42.9 Å². The fourth-order valence-corrected chi connectivity index (χ4v) is 4.19. The van der Waals surface area contributed by atoms with E-state index in [1.807, 2.05) is 17.8 Å². The van der Waals surface area contributed by atoms with Crippen LogP contribution in [0, 0.1) is 5.92 Å². The Morgan fingerprint density at radius 1 is 1.44 bits per heavy atom. The van der Waals surface area contributed by atoms with Crippen LogP contribution in [-0.2, 0) is 21.4 Å². The van der Waals surface area contributed by atoms with E-state index in [1.165, 1.54) is 11.3 Å². The first-order valence-electron chi connectivity index (χ1n) is 8.93. The summed E-state index contributed by atoms with van der Waals surface area (Å²) in [5, 5.41) is 2.94. The molecule has 1 saturated heterocycles. The summed E-state index contributed by atoms with van der Waals surface area (Å²) in [4.78, 5) is 37.1. The van der Waals surface area contributed by atoms with Crippen molar-refractivity contribution in [1.82, 2.24) is 19.4 Å². The van der Waals surface area contributed by atoms with Crippen molar-refractivity contribution in [1.29, 1.82) is 0 Å². The first kappa shape index (κ1) is 19.5. The van der Waals surface area contributed by atoms with Crippen LogP contribution in [0.2, 0.25) is 0 Å². The SMILES string of the molecule is COCCN1C(=O)C[C@H](C(=O)Nc2ncsc2C(C)C)[C@H]1c1nccn1C. The molecule has 0 bridgehead atoms. The van der Waals surface area contributed by atoms with Crippen LogP contribution in [-0.4, -0.2) is 51.5 Å². The number of hydrogen-bond donors (Lipinski definition) is 1. The molecule has 0 unspecified atom stereocenters. The Morgan fingerprint density at radius 3 is 2.85 bits per heavy atom. The maximum absolute atomic E-state index is 13.1. The number of hydrogen-bond acceptors (Lipinski definition) is 6. The van der Waals surface area contributed by atoms with Crippen LogP contribution in [0.3, 0.4) is 0 Å². The first-order chi connectivity index (χ1) is 12.9. The van der Waals surface area contributed by atoms with Crippen LogP contribution >= 0.6 is 11.3 Å². The Kier molecular flexibility index (Phi) is 5.91. The number of carbonyl (C=O) groups is 2. The van der Waals surface area contributed by atoms with Crippen LogP contribution in [0.4, 0.5) is 5.82 Å². The van der Waals surface area contributed by atoms with Gasteiger partial charge in [0.05, 0.1) is 22.9 Å². The molecule has 0 aromatic carbocycles. The summed E-state index contributed by atoms with van der Waals surface area (Å²) in [6.45, 7) is 4.95. The number of methoxy groups -OCH3 is 1. The third-order valence-corrected chi connectivity index (χ3v) is 5.92. The average molecular weight is 391 g/mol. The van der Waals surface area contributed by atoms with Gasteiger partial charge >= 0.3 is 0 Å². The standard InChI is InChI=1S/C18H25N5O3S/c1-11(2)15-16(20-10-27-15)21-18(25)12-9-13(24)23(7-8-26-4)14(12)17-19-5-6-22(17)3/h5-6,10-12,14H,7-9H2,1-4H3,(H,21,25)/t12-,14-/m0/s1. The van der Waals surface area contributed by atoms with Crippen LogP contribution < -0.4 is 5.32 Å². The van der Waals surface area contributed by atoms with Gasteiger partial charge in [-0.2, -0.15) is 0 Å². The van der Waals surface area contributed by atoms with Gasteiger partial charge in [0, 0.05) is 39.5 Å². The van der Waals surface area contributed by atoms with Crippen molar-refractivity contribution in [3.8, 4) is 0 Å². The largest absolute Gasteiger partial charge is 0.383 e. The van der Waals surface area contributed by atoms with Gasteiger partial charge in [0.1, 0.15) is 17.7 Å². The lowest BCUT2D eigenvalue weighted by Gasteiger charge is -2.27. The van der Waals surface area contributed by atoms with Crippen LogP contribution in [0.15, 0.2) is 17.9 Å². The molecule has 2 aromatic rings. The van der Waals surface area contributed by atoms with Gasteiger partial charge in [-0.3, -0.25) is 9.59 Å². The van der Waals surface area contributed by atoms with Gasteiger partial charge in [0.2, 0.25) is 11.8 Å². The Hall–Kier alpha value is -2.26. The number of thiazole rings is 1. The number of nitrogens with one attached hydrogen (secondary N) is 1. The van der Waals surface area contributed by atoms with Crippen molar-refractivity contribution in [3.63, 3.8) is 0 Å². The van der Waals surface area contributed by atoms with E-state index >= 15 is 0 Å². The molecular weight excluding hydrogens is 366 g/mol. The number of ether oxygens (including phenoxy) is 1. The predicted octanol–water partition coefficient (Wildman–Crippen LogP) is 2.17. The summed E-state index contributed by atoms with van der Waals surface area (Å²) in [6.07, 6.45) is 3.64. The molecule has 3 rings (SSSR count). The average Bonchev–Trinajstić information content (AvgIpc) is 3.32. The minimum Gasteiger partial charge on any atom is -0.383 e. The molecule has 2 amide bonds. The van der Waals surface area contributed by atoms with E-state index in [2.05, 4.69) is 29.1 Å². The summed E-state index contributed by atoms with van der Waals surface area (Å²) < 4.78 is 6.99. The highest BCUT2D eigenvalue weighted by molar-refractivity contribution is 7.10. The maximum Gasteiger partial charge on any atom is 0.231 e.